The van der Waals surface area contributed by atoms with Gasteiger partial charge in [-0.2, -0.15) is 0 Å². The quantitative estimate of drug-likeness (QED) is 0.0125. The Morgan fingerprint density at radius 1 is 0.456 bits per heavy atom. The number of unbranched alkanes of at least 4 members (excludes halogenated alkanes) is 3. The van der Waals surface area contributed by atoms with Crippen LogP contribution in [0.3, 0.4) is 0 Å². The molecular weight excluding hydrogens is 1360 g/mol. The average molecular weight is 1460 g/mol. The zero-order valence-corrected chi connectivity index (χ0v) is 58.5. The number of nitrogens with zero attached hydrogens (tertiary/aromatic N) is 1. The van der Waals surface area contributed by atoms with Crippen molar-refractivity contribution in [3.63, 3.8) is 0 Å². The molecule has 30 N–H and O–H groups in total. The van der Waals surface area contributed by atoms with E-state index in [1.165, 1.54) is 19.9 Å². The molecule has 14 amide bonds. The molecule has 0 fully saturated rings. The Morgan fingerprint density at radius 2 is 0.893 bits per heavy atom. The highest BCUT2D eigenvalue weighted by Gasteiger charge is 2.37. The number of carbonyl (C=O) groups is 15. The highest BCUT2D eigenvalue weighted by atomic mass is 16.4. The van der Waals surface area contributed by atoms with Gasteiger partial charge in [-0.15, -0.1) is 0 Å². The second-order valence-electron chi connectivity index (χ2n) is 24.2. The Hall–Kier alpha value is -10.00. The zero-order chi connectivity index (χ0) is 77.9. The van der Waals surface area contributed by atoms with E-state index in [1.807, 2.05) is 0 Å². The van der Waals surface area contributed by atoms with Crippen LogP contribution in [0.4, 0.5) is 0 Å². The van der Waals surface area contributed by atoms with E-state index in [0.717, 1.165) is 26.3 Å². The standard InChI is InChI=1S/C63H106N20O20/c1-33(74-61(101)51(37(5)87)83-57(97)43(23-24-45(66)88)79-54(94)41(19-10-13-27-65)80-59(99)49(67)35(3)85)52(92)77-42(21-15-29-71-63(68)69)55(95)78-40(20-11-14-28-70-46(89)25-22-38-16-7-6-8-17-38)56(96)81-44(32-84)58(98)82-50(36(4)86)60(100)73-30-47(90)72-31-48(91)76-39(18-9-12-26-64)53(93)75-34(2)62(102)103/h6-8,16-17,22,25,33-37,39-44,49-51,84-87H,9-15,18-21,23-24,26-32,64-65,67H2,1-5H3,(H2,66,88)(H,70,89)(H,72,90)(H,73,100)(H,74,101)(H,75,93)(H,76,91)(H,77,92)(H,78,95)(H,79,94)(H,80,99)(H,81,96)(H,82,98)(H,83,97)(H,102,103)(H4,68,69,71)/b25-22+/t33-,34-,35+,36+,37+,39-,40-,41-,42-,43-,44-,49-,50-,51-/m0/s1. The first kappa shape index (κ1) is 91.0. The summed E-state index contributed by atoms with van der Waals surface area (Å²) >= 11 is 0. The van der Waals surface area contributed by atoms with Gasteiger partial charge in [0.25, 0.3) is 0 Å². The molecule has 0 aliphatic rings. The number of aliphatic hydroxyl groups excluding tert-OH is 4. The number of aliphatic hydroxyl groups is 4. The molecule has 0 saturated heterocycles. The molecule has 0 radical (unpaired) electrons. The van der Waals surface area contributed by atoms with Crippen molar-refractivity contribution < 1.29 is 97.5 Å². The Kier molecular flexibility index (Phi) is 43.8. The summed E-state index contributed by atoms with van der Waals surface area (Å²) in [4.78, 5) is 202. The van der Waals surface area contributed by atoms with E-state index in [-0.39, 0.29) is 77.1 Å². The third-order valence-electron chi connectivity index (χ3n) is 15.3. The van der Waals surface area contributed by atoms with Crippen LogP contribution in [-0.2, 0) is 71.9 Å². The van der Waals surface area contributed by atoms with Crippen LogP contribution in [0.25, 0.3) is 6.08 Å². The summed E-state index contributed by atoms with van der Waals surface area (Å²) in [6, 6.07) is -8.57. The van der Waals surface area contributed by atoms with E-state index in [1.54, 1.807) is 36.4 Å². The molecule has 0 aliphatic heterocycles. The number of amides is 14. The van der Waals surface area contributed by atoms with E-state index in [0.29, 0.717) is 25.7 Å². The lowest BCUT2D eigenvalue weighted by molar-refractivity contribution is -0.141. The normalized spacial score (nSPS) is 15.1. The summed E-state index contributed by atoms with van der Waals surface area (Å²) in [6.07, 6.45) is -1.52. The first-order chi connectivity index (χ1) is 48.6. The number of guanidine groups is 1. The molecule has 40 heteroatoms. The number of rotatable bonds is 51. The van der Waals surface area contributed by atoms with Crippen molar-refractivity contribution in [2.45, 2.75) is 203 Å². The lowest BCUT2D eigenvalue weighted by Gasteiger charge is -2.28. The zero-order valence-electron chi connectivity index (χ0n) is 58.5. The van der Waals surface area contributed by atoms with Crippen LogP contribution in [0.1, 0.15) is 124 Å². The SMILES string of the molecule is C[C@H](NC(=O)[C@H](CCCCN)NC(=O)CNC(=O)CNC(=O)[C@@H](NC(=O)[C@H](CO)NC(=O)[C@H](CCCCNC(=O)/C=C/c1ccccc1)NC(=O)[C@H](CCCN=C(N)N)NC(=O)[C@H](C)NC(=O)[C@@H](NC(=O)[C@H](CCC(N)=O)NC(=O)[C@H](CCCCN)NC(=O)[C@@H](N)[C@@H](C)O)[C@@H](C)O)[C@@H](C)O)C(=O)O. The highest BCUT2D eigenvalue weighted by molar-refractivity contribution is 5.99. The molecule has 40 nitrogen and oxygen atoms in total. The molecule has 0 aromatic heterocycles. The third-order valence-corrected chi connectivity index (χ3v) is 15.3. The molecule has 578 valence electrons. The molecule has 1 aromatic rings. The van der Waals surface area contributed by atoms with Gasteiger partial charge in [0.15, 0.2) is 5.96 Å². The number of aliphatic imine (C=N–C) groups is 1. The molecule has 0 unspecified atom stereocenters. The van der Waals surface area contributed by atoms with Crippen LogP contribution >= 0.6 is 0 Å². The molecule has 0 saturated carbocycles. The van der Waals surface area contributed by atoms with E-state index in [4.69, 9.17) is 34.4 Å². The number of carbonyl (C=O) groups excluding carboxylic acids is 14. The van der Waals surface area contributed by atoms with Crippen LogP contribution in [0.2, 0.25) is 0 Å². The number of aliphatic carboxylic acids is 1. The summed E-state index contributed by atoms with van der Waals surface area (Å²) in [5, 5.41) is 81.5. The Labute approximate surface area is 595 Å². The number of carboxylic acids is 1. The predicted molar refractivity (Wildman–Crippen MR) is 371 cm³/mol. The van der Waals surface area contributed by atoms with Crippen molar-refractivity contribution in [1.29, 1.82) is 0 Å². The maximum atomic E-state index is 14.4. The van der Waals surface area contributed by atoms with Gasteiger partial charge in [0.05, 0.1) is 38.0 Å². The first-order valence-corrected chi connectivity index (χ1v) is 33.5. The predicted octanol–water partition coefficient (Wildman–Crippen LogP) is -9.77. The number of hydrogen-bond acceptors (Lipinski definition) is 23. The van der Waals surface area contributed by atoms with Gasteiger partial charge in [0.1, 0.15) is 66.5 Å². The molecule has 0 spiro atoms. The van der Waals surface area contributed by atoms with E-state index < -0.39 is 206 Å². The van der Waals surface area contributed by atoms with Crippen molar-refractivity contribution in [3.8, 4) is 0 Å². The smallest absolute Gasteiger partial charge is 0.325 e. The molecule has 1 aromatic carbocycles. The van der Waals surface area contributed by atoms with Gasteiger partial charge in [0.2, 0.25) is 82.7 Å². The monoisotopic (exact) mass is 1460 g/mol. The second kappa shape index (κ2) is 49.5. The lowest BCUT2D eigenvalue weighted by Crippen LogP contribution is -2.62. The highest BCUT2D eigenvalue weighted by Crippen LogP contribution is 2.11. The van der Waals surface area contributed by atoms with Gasteiger partial charge in [-0.1, -0.05) is 30.3 Å². The van der Waals surface area contributed by atoms with Crippen LogP contribution in [0.15, 0.2) is 41.4 Å². The summed E-state index contributed by atoms with van der Waals surface area (Å²) in [5.41, 5.74) is 34.0. The molecule has 14 atom stereocenters. The molecule has 0 bridgehead atoms. The number of carboxylic acid groups (broad SMARTS) is 1. The van der Waals surface area contributed by atoms with E-state index in [9.17, 15) is 97.5 Å². The maximum absolute atomic E-state index is 14.4. The van der Waals surface area contributed by atoms with Crippen LogP contribution in [0, 0.1) is 0 Å². The first-order valence-electron chi connectivity index (χ1n) is 33.5. The average Bonchev–Trinajstić information content (AvgIpc) is 0.863. The largest absolute Gasteiger partial charge is 0.480 e. The molecular formula is C63H106N20O20. The second-order valence-corrected chi connectivity index (χ2v) is 24.2. The summed E-state index contributed by atoms with van der Waals surface area (Å²) in [5.74, 6) is -15.6. The molecule has 0 heterocycles. The van der Waals surface area contributed by atoms with Crippen molar-refractivity contribution in [1.82, 2.24) is 69.1 Å². The Balaban J connectivity index is 3.50. The number of nitrogens with one attached hydrogen (secondary N) is 13. The minimum atomic E-state index is -1.92. The maximum Gasteiger partial charge on any atom is 0.325 e. The van der Waals surface area contributed by atoms with Crippen LogP contribution in [0.5, 0.6) is 0 Å². The van der Waals surface area contributed by atoms with Crippen LogP contribution < -0.4 is 104 Å². The topological polar surface area (TPSA) is 682 Å². The van der Waals surface area contributed by atoms with Gasteiger partial charge in [-0.25, -0.2) is 0 Å². The van der Waals surface area contributed by atoms with Crippen molar-refractivity contribution >= 4 is 101 Å². The van der Waals surface area contributed by atoms with E-state index >= 15 is 0 Å². The molecule has 0 aliphatic carbocycles. The van der Waals surface area contributed by atoms with Gasteiger partial charge in [0, 0.05) is 25.6 Å². The van der Waals surface area contributed by atoms with Gasteiger partial charge in [-0.05, 0) is 136 Å². The number of hydrogen-bond donors (Lipinski definition) is 24. The summed E-state index contributed by atoms with van der Waals surface area (Å²) in [7, 11) is 0. The molecule has 1 rings (SSSR count). The number of nitrogens with two attached hydrogens (primary N) is 6. The van der Waals surface area contributed by atoms with Gasteiger partial charge >= 0.3 is 5.97 Å². The van der Waals surface area contributed by atoms with E-state index in [2.05, 4.69) is 74.1 Å². The van der Waals surface area contributed by atoms with Crippen molar-refractivity contribution in [3.05, 3.63) is 42.0 Å². The van der Waals surface area contributed by atoms with Gasteiger partial charge < -0.3 is 129 Å². The lowest BCUT2D eigenvalue weighted by atomic mass is 10.0. The van der Waals surface area contributed by atoms with Crippen molar-refractivity contribution in [2.75, 3.05) is 45.9 Å². The van der Waals surface area contributed by atoms with Gasteiger partial charge in [-0.3, -0.25) is 76.9 Å². The fourth-order valence-electron chi connectivity index (χ4n) is 9.22. The van der Waals surface area contributed by atoms with Crippen molar-refractivity contribution in [2.24, 2.45) is 39.4 Å². The minimum absolute atomic E-state index is 0.0189. The number of primary amides is 1. The third kappa shape index (κ3) is 37.5. The minimum Gasteiger partial charge on any atom is -0.480 e. The number of benzene rings is 1. The summed E-state index contributed by atoms with van der Waals surface area (Å²) in [6.45, 7) is 3.49. The fourth-order valence-corrected chi connectivity index (χ4v) is 9.22. The summed E-state index contributed by atoms with van der Waals surface area (Å²) < 4.78 is 0. The Bertz CT molecular complexity index is 3030. The Morgan fingerprint density at radius 3 is 1.39 bits per heavy atom. The molecule has 103 heavy (non-hydrogen) atoms. The fraction of sp³-hybridized carbons (Fsp3) is 0.619. The van der Waals surface area contributed by atoms with Crippen LogP contribution in [-0.4, -0.2) is 251 Å².